The van der Waals surface area contributed by atoms with Gasteiger partial charge in [0, 0.05) is 23.5 Å². The molecule has 0 fully saturated rings. The average molecular weight is 481 g/mol. The maximum Gasteiger partial charge on any atom is 0.252 e. The minimum atomic E-state index is -3.83. The van der Waals surface area contributed by atoms with Crippen molar-refractivity contribution in [2.45, 2.75) is 51.1 Å². The zero-order valence-corrected chi connectivity index (χ0v) is 20.9. The topological polar surface area (TPSA) is 70.2 Å². The van der Waals surface area contributed by atoms with E-state index in [1.165, 1.54) is 15.6 Å². The van der Waals surface area contributed by atoms with Crippen LogP contribution in [0.4, 0.5) is 0 Å². The molecule has 0 amide bonds. The predicted molar refractivity (Wildman–Crippen MR) is 135 cm³/mol. The SMILES string of the molecule is Cc1cccc2cc(CN(Cc3cccs3)S(=O)(=O)c3ccc(C(C)(C)C)cc3)c(=O)[nH]c12. The maximum absolute atomic E-state index is 13.7. The van der Waals surface area contributed by atoms with E-state index in [2.05, 4.69) is 25.8 Å². The van der Waals surface area contributed by atoms with Crippen LogP contribution in [-0.2, 0) is 28.5 Å². The molecular formula is C26H28N2O3S2. The van der Waals surface area contributed by atoms with Crippen molar-refractivity contribution >= 4 is 32.3 Å². The molecule has 0 unspecified atom stereocenters. The number of rotatable bonds is 6. The highest BCUT2D eigenvalue weighted by Crippen LogP contribution is 2.27. The minimum absolute atomic E-state index is 0.0134. The Morgan fingerprint density at radius 3 is 2.33 bits per heavy atom. The summed E-state index contributed by atoms with van der Waals surface area (Å²) in [4.78, 5) is 16.9. The zero-order chi connectivity index (χ0) is 23.8. The Morgan fingerprint density at radius 1 is 0.970 bits per heavy atom. The minimum Gasteiger partial charge on any atom is -0.321 e. The molecule has 4 rings (SSSR count). The molecule has 2 aromatic heterocycles. The van der Waals surface area contributed by atoms with Gasteiger partial charge in [0.05, 0.1) is 10.4 Å². The van der Waals surface area contributed by atoms with Gasteiger partial charge < -0.3 is 4.98 Å². The summed E-state index contributed by atoms with van der Waals surface area (Å²) < 4.78 is 28.7. The number of fused-ring (bicyclic) bond motifs is 1. The first-order valence-electron chi connectivity index (χ1n) is 10.8. The number of benzene rings is 2. The van der Waals surface area contributed by atoms with Crippen LogP contribution in [0, 0.1) is 6.92 Å². The molecule has 0 aliphatic carbocycles. The van der Waals surface area contributed by atoms with Crippen LogP contribution in [0.2, 0.25) is 0 Å². The number of aromatic nitrogens is 1. The van der Waals surface area contributed by atoms with E-state index in [1.807, 2.05) is 54.8 Å². The van der Waals surface area contributed by atoms with Crippen LogP contribution >= 0.6 is 11.3 Å². The number of aromatic amines is 1. The summed E-state index contributed by atoms with van der Waals surface area (Å²) in [6.45, 7) is 8.40. The molecule has 0 aliphatic heterocycles. The van der Waals surface area contributed by atoms with Gasteiger partial charge in [-0.2, -0.15) is 4.31 Å². The molecule has 172 valence electrons. The molecule has 0 aliphatic rings. The van der Waals surface area contributed by atoms with Gasteiger partial charge >= 0.3 is 0 Å². The highest BCUT2D eigenvalue weighted by molar-refractivity contribution is 7.89. The van der Waals surface area contributed by atoms with Gasteiger partial charge in [0.25, 0.3) is 5.56 Å². The van der Waals surface area contributed by atoms with E-state index in [1.54, 1.807) is 18.2 Å². The van der Waals surface area contributed by atoms with Crippen molar-refractivity contribution in [1.82, 2.24) is 9.29 Å². The van der Waals surface area contributed by atoms with E-state index in [4.69, 9.17) is 0 Å². The Balaban J connectivity index is 1.75. The highest BCUT2D eigenvalue weighted by Gasteiger charge is 2.27. The Bertz CT molecular complexity index is 1430. The molecular weight excluding hydrogens is 452 g/mol. The lowest BCUT2D eigenvalue weighted by atomic mass is 9.87. The van der Waals surface area contributed by atoms with Crippen LogP contribution in [0.3, 0.4) is 0 Å². The number of H-pyrrole nitrogens is 1. The lowest BCUT2D eigenvalue weighted by molar-refractivity contribution is 0.402. The Hall–Kier alpha value is -2.74. The molecule has 0 atom stereocenters. The summed E-state index contributed by atoms with van der Waals surface area (Å²) in [6.07, 6.45) is 0. The van der Waals surface area contributed by atoms with Gasteiger partial charge in [-0.1, -0.05) is 57.2 Å². The van der Waals surface area contributed by atoms with E-state index in [0.29, 0.717) is 5.56 Å². The van der Waals surface area contributed by atoms with Crippen molar-refractivity contribution in [2.75, 3.05) is 0 Å². The van der Waals surface area contributed by atoms with Gasteiger partial charge in [-0.05, 0) is 58.5 Å². The highest BCUT2D eigenvalue weighted by atomic mass is 32.2. The molecule has 4 aromatic rings. The lowest BCUT2D eigenvalue weighted by Gasteiger charge is -2.23. The third kappa shape index (κ3) is 4.95. The molecule has 0 spiro atoms. The number of hydrogen-bond donors (Lipinski definition) is 1. The number of nitrogens with one attached hydrogen (secondary N) is 1. The van der Waals surface area contributed by atoms with E-state index in [-0.39, 0.29) is 29.0 Å². The summed E-state index contributed by atoms with van der Waals surface area (Å²) >= 11 is 1.50. The average Bonchev–Trinajstić information content (AvgIpc) is 3.27. The number of hydrogen-bond acceptors (Lipinski definition) is 4. The summed E-state index contributed by atoms with van der Waals surface area (Å²) in [5, 5.41) is 2.80. The van der Waals surface area contributed by atoms with E-state index >= 15 is 0 Å². The number of para-hydroxylation sites is 1. The Kier molecular flexibility index (Phi) is 6.31. The molecule has 0 radical (unpaired) electrons. The third-order valence-corrected chi connectivity index (χ3v) is 8.45. The smallest absolute Gasteiger partial charge is 0.252 e. The molecule has 2 aromatic carbocycles. The second kappa shape index (κ2) is 8.89. The Morgan fingerprint density at radius 2 is 1.70 bits per heavy atom. The van der Waals surface area contributed by atoms with Gasteiger partial charge in [-0.15, -0.1) is 11.3 Å². The van der Waals surface area contributed by atoms with Crippen LogP contribution in [0.5, 0.6) is 0 Å². The van der Waals surface area contributed by atoms with Crippen LogP contribution in [0.25, 0.3) is 10.9 Å². The van der Waals surface area contributed by atoms with Crippen LogP contribution in [-0.4, -0.2) is 17.7 Å². The summed E-state index contributed by atoms with van der Waals surface area (Å²) in [7, 11) is -3.83. The monoisotopic (exact) mass is 480 g/mol. The molecule has 2 heterocycles. The first kappa shape index (κ1) is 23.4. The molecule has 7 heteroatoms. The lowest BCUT2D eigenvalue weighted by Crippen LogP contribution is -2.32. The van der Waals surface area contributed by atoms with Crippen molar-refractivity contribution in [3.63, 3.8) is 0 Å². The standard InChI is InChI=1S/C26H28N2O3S2/c1-18-7-5-8-19-15-20(25(29)27-24(18)19)16-28(17-22-9-6-14-32-22)33(30,31)23-12-10-21(11-13-23)26(2,3)4/h5-15H,16-17H2,1-4H3,(H,27,29). The summed E-state index contributed by atoms with van der Waals surface area (Å²) in [5.74, 6) is 0. The van der Waals surface area contributed by atoms with Crippen molar-refractivity contribution in [2.24, 2.45) is 0 Å². The Labute approximate surface area is 198 Å². The maximum atomic E-state index is 13.7. The molecule has 0 bridgehead atoms. The normalized spacial score (nSPS) is 12.5. The van der Waals surface area contributed by atoms with E-state index < -0.39 is 10.0 Å². The number of nitrogens with zero attached hydrogens (tertiary/aromatic N) is 1. The molecule has 5 nitrogen and oxygen atoms in total. The molecule has 33 heavy (non-hydrogen) atoms. The van der Waals surface area contributed by atoms with Crippen LogP contribution in [0.1, 0.15) is 42.3 Å². The summed E-state index contributed by atoms with van der Waals surface area (Å²) in [6, 6.07) is 18.4. The molecule has 0 saturated carbocycles. The largest absolute Gasteiger partial charge is 0.321 e. The first-order valence-corrected chi connectivity index (χ1v) is 13.1. The quantitative estimate of drug-likeness (QED) is 0.391. The van der Waals surface area contributed by atoms with Gasteiger partial charge in [0.1, 0.15) is 0 Å². The third-order valence-electron chi connectivity index (χ3n) is 5.78. The fraction of sp³-hybridized carbons (Fsp3) is 0.269. The summed E-state index contributed by atoms with van der Waals surface area (Å²) in [5.41, 5.74) is 2.88. The number of aryl methyl sites for hydroxylation is 1. The van der Waals surface area contributed by atoms with Gasteiger partial charge in [0.15, 0.2) is 0 Å². The fourth-order valence-electron chi connectivity index (χ4n) is 3.81. The second-order valence-electron chi connectivity index (χ2n) is 9.29. The van der Waals surface area contributed by atoms with Gasteiger partial charge in [-0.25, -0.2) is 8.42 Å². The molecule has 1 N–H and O–H groups in total. The van der Waals surface area contributed by atoms with Crippen molar-refractivity contribution in [1.29, 1.82) is 0 Å². The fourth-order valence-corrected chi connectivity index (χ4v) is 6.01. The van der Waals surface area contributed by atoms with E-state index in [0.717, 1.165) is 26.9 Å². The van der Waals surface area contributed by atoms with Crippen molar-refractivity contribution < 1.29 is 8.42 Å². The van der Waals surface area contributed by atoms with E-state index in [9.17, 15) is 13.2 Å². The van der Waals surface area contributed by atoms with Crippen molar-refractivity contribution in [3.8, 4) is 0 Å². The van der Waals surface area contributed by atoms with Crippen molar-refractivity contribution in [3.05, 3.63) is 98.0 Å². The molecule has 0 saturated heterocycles. The number of thiophene rings is 1. The number of sulfonamides is 1. The first-order chi connectivity index (χ1) is 15.6. The van der Waals surface area contributed by atoms with Crippen LogP contribution in [0.15, 0.2) is 75.7 Å². The van der Waals surface area contributed by atoms with Crippen LogP contribution < -0.4 is 5.56 Å². The van der Waals surface area contributed by atoms with Gasteiger partial charge in [0.2, 0.25) is 10.0 Å². The number of pyridine rings is 1. The van der Waals surface area contributed by atoms with Gasteiger partial charge in [-0.3, -0.25) is 4.79 Å². The zero-order valence-electron chi connectivity index (χ0n) is 19.3. The second-order valence-corrected chi connectivity index (χ2v) is 12.3. The predicted octanol–water partition coefficient (Wildman–Crippen LogP) is 5.59.